The van der Waals surface area contributed by atoms with E-state index in [1.165, 1.54) is 16.5 Å². The van der Waals surface area contributed by atoms with Crippen molar-refractivity contribution in [1.82, 2.24) is 14.3 Å². The van der Waals surface area contributed by atoms with E-state index in [2.05, 4.69) is 0 Å². The van der Waals surface area contributed by atoms with Crippen molar-refractivity contribution in [3.63, 3.8) is 0 Å². The first kappa shape index (κ1) is 23.9. The topological polar surface area (TPSA) is 98.5 Å². The van der Waals surface area contributed by atoms with Crippen molar-refractivity contribution < 1.29 is 19.1 Å². The number of thiocarbonyl (C=S) groups is 1. The Morgan fingerprint density at radius 1 is 1.08 bits per heavy atom. The second-order valence-electron chi connectivity index (χ2n) is 8.17. The highest BCUT2D eigenvalue weighted by Crippen LogP contribution is 2.33. The van der Waals surface area contributed by atoms with Crippen LogP contribution in [-0.4, -0.2) is 68.3 Å². The molecular formula is C24H20FN5O4S2. The van der Waals surface area contributed by atoms with E-state index < -0.39 is 18.4 Å². The fourth-order valence-corrected chi connectivity index (χ4v) is 5.47. The molecule has 2 aliphatic rings. The molecule has 0 bridgehead atoms. The van der Waals surface area contributed by atoms with Crippen LogP contribution < -0.4 is 15.4 Å². The maximum atomic E-state index is 14.3. The van der Waals surface area contributed by atoms with Crippen LogP contribution in [0.15, 0.2) is 58.4 Å². The summed E-state index contributed by atoms with van der Waals surface area (Å²) in [6.07, 6.45) is 3.03. The Kier molecular flexibility index (Phi) is 6.46. The number of para-hydroxylation sites is 1. The molecule has 0 atom stereocenters. The summed E-state index contributed by atoms with van der Waals surface area (Å²) in [7, 11) is 0. The van der Waals surface area contributed by atoms with Gasteiger partial charge in [-0.15, -0.1) is 0 Å². The summed E-state index contributed by atoms with van der Waals surface area (Å²) >= 11 is 6.13. The zero-order chi connectivity index (χ0) is 25.4. The van der Waals surface area contributed by atoms with E-state index >= 15 is 0 Å². The first-order chi connectivity index (χ1) is 17.3. The Morgan fingerprint density at radius 3 is 2.50 bits per heavy atom. The SMILES string of the molecule is O=C(O)CN1C(=O)/C(=C\c2c(N3CCN(c4ccccc4F)CC3)nc3ccccn3c2=O)SC1=S. The number of rotatable bonds is 5. The van der Waals surface area contributed by atoms with Crippen LogP contribution in [0.3, 0.4) is 0 Å². The molecule has 1 aromatic carbocycles. The van der Waals surface area contributed by atoms with Crippen molar-refractivity contribution in [1.29, 1.82) is 0 Å². The highest BCUT2D eigenvalue weighted by molar-refractivity contribution is 8.26. The number of anilines is 2. The number of carbonyl (C=O) groups excluding carboxylic acids is 1. The van der Waals surface area contributed by atoms with E-state index in [4.69, 9.17) is 22.3 Å². The Bertz CT molecular complexity index is 1480. The maximum absolute atomic E-state index is 14.3. The zero-order valence-corrected chi connectivity index (χ0v) is 20.5. The largest absolute Gasteiger partial charge is 0.480 e. The van der Waals surface area contributed by atoms with E-state index in [-0.39, 0.29) is 26.2 Å². The number of piperazine rings is 1. The van der Waals surface area contributed by atoms with Crippen molar-refractivity contribution in [3.05, 3.63) is 75.3 Å². The van der Waals surface area contributed by atoms with E-state index in [1.54, 1.807) is 42.6 Å². The Morgan fingerprint density at radius 2 is 1.78 bits per heavy atom. The number of hydrogen-bond acceptors (Lipinski definition) is 8. The molecule has 0 unspecified atom stereocenters. The lowest BCUT2D eigenvalue weighted by molar-refractivity contribution is -0.140. The van der Waals surface area contributed by atoms with E-state index in [1.807, 2.05) is 9.80 Å². The lowest BCUT2D eigenvalue weighted by Gasteiger charge is -2.37. The Labute approximate surface area is 214 Å². The number of benzene rings is 1. The number of carbonyl (C=O) groups is 2. The quantitative estimate of drug-likeness (QED) is 0.398. The van der Waals surface area contributed by atoms with Gasteiger partial charge in [0.1, 0.15) is 28.1 Å². The fourth-order valence-electron chi connectivity index (χ4n) is 4.23. The molecule has 3 aromatic rings. The van der Waals surface area contributed by atoms with Crippen molar-refractivity contribution >= 4 is 63.4 Å². The van der Waals surface area contributed by atoms with Gasteiger partial charge in [-0.1, -0.05) is 42.2 Å². The van der Waals surface area contributed by atoms with Crippen LogP contribution >= 0.6 is 24.0 Å². The molecule has 12 heteroatoms. The van der Waals surface area contributed by atoms with Gasteiger partial charge in [0.15, 0.2) is 0 Å². The normalized spacial score (nSPS) is 17.5. The van der Waals surface area contributed by atoms with E-state index in [9.17, 15) is 18.8 Å². The molecule has 184 valence electrons. The predicted octanol–water partition coefficient (Wildman–Crippen LogP) is 2.45. The van der Waals surface area contributed by atoms with Gasteiger partial charge >= 0.3 is 5.97 Å². The van der Waals surface area contributed by atoms with Crippen molar-refractivity contribution in [2.24, 2.45) is 0 Å². The number of fused-ring (bicyclic) bond motifs is 1. The number of aliphatic carboxylic acids is 1. The Hall–Kier alpha value is -3.77. The van der Waals surface area contributed by atoms with Crippen molar-refractivity contribution in [3.8, 4) is 0 Å². The first-order valence-electron chi connectivity index (χ1n) is 11.1. The van der Waals surface area contributed by atoms with Crippen LogP contribution in [-0.2, 0) is 9.59 Å². The van der Waals surface area contributed by atoms with Gasteiger partial charge in [-0.3, -0.25) is 23.7 Å². The number of hydrogen-bond donors (Lipinski definition) is 1. The molecule has 9 nitrogen and oxygen atoms in total. The first-order valence-corrected chi connectivity index (χ1v) is 12.3. The number of carboxylic acids is 1. The number of aromatic nitrogens is 2. The number of carboxylic acid groups (broad SMARTS) is 1. The molecule has 0 saturated carbocycles. The van der Waals surface area contributed by atoms with Gasteiger partial charge in [0.25, 0.3) is 11.5 Å². The Balaban J connectivity index is 1.52. The summed E-state index contributed by atoms with van der Waals surface area (Å²) in [5, 5.41) is 9.10. The predicted molar refractivity (Wildman–Crippen MR) is 140 cm³/mol. The van der Waals surface area contributed by atoms with Gasteiger partial charge in [-0.2, -0.15) is 0 Å². The van der Waals surface area contributed by atoms with Crippen LogP contribution in [0.2, 0.25) is 0 Å². The maximum Gasteiger partial charge on any atom is 0.323 e. The molecule has 1 N–H and O–H groups in total. The minimum Gasteiger partial charge on any atom is -0.480 e. The average molecular weight is 526 g/mol. The van der Waals surface area contributed by atoms with Gasteiger partial charge in [-0.05, 0) is 30.3 Å². The monoisotopic (exact) mass is 525 g/mol. The number of pyridine rings is 1. The second kappa shape index (κ2) is 9.70. The molecule has 2 saturated heterocycles. The molecule has 4 heterocycles. The third-order valence-corrected chi connectivity index (χ3v) is 7.34. The van der Waals surface area contributed by atoms with Gasteiger partial charge in [0.2, 0.25) is 0 Å². The molecule has 1 amide bonds. The van der Waals surface area contributed by atoms with Crippen LogP contribution in [0, 0.1) is 5.82 Å². The molecule has 2 aliphatic heterocycles. The molecule has 2 fully saturated rings. The molecule has 0 aliphatic carbocycles. The second-order valence-corrected chi connectivity index (χ2v) is 9.85. The lowest BCUT2D eigenvalue weighted by atomic mass is 10.2. The van der Waals surface area contributed by atoms with Gasteiger partial charge in [0, 0.05) is 32.4 Å². The molecule has 0 spiro atoms. The van der Waals surface area contributed by atoms with Crippen molar-refractivity contribution in [2.45, 2.75) is 0 Å². The average Bonchev–Trinajstić information content (AvgIpc) is 3.13. The summed E-state index contributed by atoms with van der Waals surface area (Å²) in [5.74, 6) is -1.64. The summed E-state index contributed by atoms with van der Waals surface area (Å²) in [4.78, 5) is 47.2. The van der Waals surface area contributed by atoms with Crippen molar-refractivity contribution in [2.75, 3.05) is 42.5 Å². The minimum atomic E-state index is -1.19. The molecule has 5 rings (SSSR count). The molecule has 36 heavy (non-hydrogen) atoms. The van der Waals surface area contributed by atoms with Gasteiger partial charge in [0.05, 0.1) is 16.2 Å². The number of halogens is 1. The number of thioether (sulfide) groups is 1. The standard InChI is InChI=1S/C24H20FN5O4S2/c25-16-5-1-2-6-17(16)27-9-11-28(12-10-27)21-15(22(33)29-8-4-3-7-19(29)26-21)13-18-23(34)30(14-20(31)32)24(35)36-18/h1-8,13H,9-12,14H2,(H,31,32)/b18-13+. The molecule has 2 aromatic heterocycles. The van der Waals surface area contributed by atoms with Crippen LogP contribution in [0.5, 0.6) is 0 Å². The zero-order valence-electron chi connectivity index (χ0n) is 18.8. The number of nitrogens with zero attached hydrogens (tertiary/aromatic N) is 5. The summed E-state index contributed by atoms with van der Waals surface area (Å²) in [5.41, 5.74) is 0.806. The van der Waals surface area contributed by atoms with Crippen LogP contribution in [0.1, 0.15) is 5.56 Å². The molecule has 0 radical (unpaired) electrons. The van der Waals surface area contributed by atoms with E-state index in [0.717, 1.165) is 16.7 Å². The van der Waals surface area contributed by atoms with Gasteiger partial charge in [-0.25, -0.2) is 9.37 Å². The van der Waals surface area contributed by atoms with Crippen LogP contribution in [0.25, 0.3) is 11.7 Å². The highest BCUT2D eigenvalue weighted by atomic mass is 32.2. The summed E-state index contributed by atoms with van der Waals surface area (Å²) in [6, 6.07) is 11.8. The lowest BCUT2D eigenvalue weighted by Crippen LogP contribution is -2.47. The minimum absolute atomic E-state index is 0.113. The van der Waals surface area contributed by atoms with Gasteiger partial charge < -0.3 is 14.9 Å². The molecular weight excluding hydrogens is 505 g/mol. The smallest absolute Gasteiger partial charge is 0.323 e. The van der Waals surface area contributed by atoms with E-state index in [0.29, 0.717) is 43.3 Å². The highest BCUT2D eigenvalue weighted by Gasteiger charge is 2.34. The number of amides is 1. The fraction of sp³-hybridized carbons (Fsp3) is 0.208. The third kappa shape index (κ3) is 4.44. The third-order valence-electron chi connectivity index (χ3n) is 5.96. The van der Waals surface area contributed by atoms with Crippen LogP contribution in [0.4, 0.5) is 15.9 Å². The summed E-state index contributed by atoms with van der Waals surface area (Å²) in [6.45, 7) is 1.42. The summed E-state index contributed by atoms with van der Waals surface area (Å²) < 4.78 is 15.8.